The third-order valence-corrected chi connectivity index (χ3v) is 2.07. The topological polar surface area (TPSA) is 57.2 Å². The van der Waals surface area contributed by atoms with Gasteiger partial charge in [0.15, 0.2) is 5.96 Å². The van der Waals surface area contributed by atoms with Gasteiger partial charge in [0.2, 0.25) is 0 Å². The fourth-order valence-electron chi connectivity index (χ4n) is 1.46. The zero-order valence-corrected chi connectivity index (χ0v) is 13.4. The van der Waals surface area contributed by atoms with Gasteiger partial charge >= 0.3 is 6.09 Å². The molecule has 0 bridgehead atoms. The SMILES string of the molecule is CC(CN=C(N(C)C)N(C)C)NC(=O)OC(C)(C)C. The highest BCUT2D eigenvalue weighted by molar-refractivity contribution is 5.79. The maximum absolute atomic E-state index is 11.6. The molecule has 0 aliphatic heterocycles. The summed E-state index contributed by atoms with van der Waals surface area (Å²) in [7, 11) is 7.74. The number of hydrogen-bond acceptors (Lipinski definition) is 3. The van der Waals surface area contributed by atoms with E-state index >= 15 is 0 Å². The summed E-state index contributed by atoms with van der Waals surface area (Å²) < 4.78 is 5.19. The number of nitrogens with one attached hydrogen (secondary N) is 1. The second kappa shape index (κ2) is 7.21. The molecule has 1 unspecified atom stereocenters. The summed E-state index contributed by atoms with van der Waals surface area (Å²) in [6.45, 7) is 7.92. The number of carbonyl (C=O) groups excluding carboxylic acids is 1. The van der Waals surface area contributed by atoms with Crippen LogP contribution in [0.1, 0.15) is 27.7 Å². The molecule has 0 aliphatic rings. The van der Waals surface area contributed by atoms with E-state index in [2.05, 4.69) is 10.3 Å². The summed E-state index contributed by atoms with van der Waals surface area (Å²) in [5.74, 6) is 0.859. The van der Waals surface area contributed by atoms with Crippen molar-refractivity contribution in [2.75, 3.05) is 34.7 Å². The number of nitrogens with zero attached hydrogens (tertiary/aromatic N) is 3. The molecule has 0 saturated heterocycles. The molecule has 0 aliphatic carbocycles. The molecule has 112 valence electrons. The average molecular weight is 272 g/mol. The summed E-state index contributed by atoms with van der Waals surface area (Å²) in [5.41, 5.74) is -0.481. The molecule has 0 spiro atoms. The molecule has 6 nitrogen and oxygen atoms in total. The minimum absolute atomic E-state index is 0.0789. The van der Waals surface area contributed by atoms with Crippen molar-refractivity contribution in [3.05, 3.63) is 0 Å². The number of aliphatic imine (C=N–C) groups is 1. The summed E-state index contributed by atoms with van der Waals surface area (Å²) in [6.07, 6.45) is -0.411. The van der Waals surface area contributed by atoms with Gasteiger partial charge in [0, 0.05) is 34.2 Å². The first kappa shape index (κ1) is 17.5. The predicted molar refractivity (Wildman–Crippen MR) is 78.5 cm³/mol. The van der Waals surface area contributed by atoms with Crippen LogP contribution in [0.3, 0.4) is 0 Å². The largest absolute Gasteiger partial charge is 0.444 e. The van der Waals surface area contributed by atoms with Crippen molar-refractivity contribution >= 4 is 12.1 Å². The smallest absolute Gasteiger partial charge is 0.407 e. The van der Waals surface area contributed by atoms with Crippen LogP contribution in [-0.4, -0.2) is 68.2 Å². The molecular weight excluding hydrogens is 244 g/mol. The van der Waals surface area contributed by atoms with Crippen LogP contribution in [-0.2, 0) is 4.74 Å². The van der Waals surface area contributed by atoms with Crippen molar-refractivity contribution in [3.63, 3.8) is 0 Å². The van der Waals surface area contributed by atoms with Gasteiger partial charge in [-0.25, -0.2) is 4.79 Å². The van der Waals surface area contributed by atoms with E-state index in [1.54, 1.807) is 0 Å². The van der Waals surface area contributed by atoms with Crippen LogP contribution in [0.4, 0.5) is 4.79 Å². The van der Waals surface area contributed by atoms with Crippen LogP contribution < -0.4 is 5.32 Å². The van der Waals surface area contributed by atoms with Crippen molar-refractivity contribution in [1.29, 1.82) is 0 Å². The van der Waals surface area contributed by atoms with Crippen molar-refractivity contribution < 1.29 is 9.53 Å². The fraction of sp³-hybridized carbons (Fsp3) is 0.846. The Kier molecular flexibility index (Phi) is 6.65. The first-order valence-electron chi connectivity index (χ1n) is 6.41. The first-order valence-corrected chi connectivity index (χ1v) is 6.41. The Labute approximate surface area is 116 Å². The fourth-order valence-corrected chi connectivity index (χ4v) is 1.46. The van der Waals surface area contributed by atoms with Crippen LogP contribution in [0.15, 0.2) is 4.99 Å². The summed E-state index contributed by atoms with van der Waals surface area (Å²) in [5, 5.41) is 2.76. The van der Waals surface area contributed by atoms with E-state index in [-0.39, 0.29) is 6.04 Å². The molecule has 1 amide bonds. The summed E-state index contributed by atoms with van der Waals surface area (Å²) in [4.78, 5) is 19.9. The van der Waals surface area contributed by atoms with E-state index in [0.29, 0.717) is 6.54 Å². The third kappa shape index (κ3) is 8.29. The van der Waals surface area contributed by atoms with Crippen molar-refractivity contribution in [1.82, 2.24) is 15.1 Å². The average Bonchev–Trinajstić information content (AvgIpc) is 2.12. The molecule has 0 saturated carbocycles. The molecule has 6 heteroatoms. The molecule has 0 fully saturated rings. The van der Waals surface area contributed by atoms with Gasteiger partial charge in [-0.3, -0.25) is 4.99 Å². The standard InChI is InChI=1S/C13H28N4O2/c1-10(15-12(18)19-13(2,3)4)9-14-11(16(5)6)17(7)8/h10H,9H2,1-8H3,(H,15,18). The van der Waals surface area contributed by atoms with Crippen LogP contribution in [0.25, 0.3) is 0 Å². The molecule has 1 N–H and O–H groups in total. The lowest BCUT2D eigenvalue weighted by Gasteiger charge is -2.24. The molecule has 0 heterocycles. The predicted octanol–water partition coefficient (Wildman–Crippen LogP) is 1.38. The highest BCUT2D eigenvalue weighted by atomic mass is 16.6. The van der Waals surface area contributed by atoms with Crippen LogP contribution in [0.2, 0.25) is 0 Å². The Balaban J connectivity index is 4.35. The maximum atomic E-state index is 11.6. The highest BCUT2D eigenvalue weighted by Crippen LogP contribution is 2.06. The Morgan fingerprint density at radius 1 is 1.21 bits per heavy atom. The number of rotatable bonds is 3. The van der Waals surface area contributed by atoms with E-state index in [0.717, 1.165) is 5.96 Å². The van der Waals surface area contributed by atoms with Crippen LogP contribution >= 0.6 is 0 Å². The number of ether oxygens (including phenoxy) is 1. The quantitative estimate of drug-likeness (QED) is 0.623. The molecule has 0 radical (unpaired) electrons. The monoisotopic (exact) mass is 272 g/mol. The maximum Gasteiger partial charge on any atom is 0.407 e. The number of alkyl carbamates (subject to hydrolysis) is 1. The van der Waals surface area contributed by atoms with Gasteiger partial charge < -0.3 is 19.9 Å². The normalized spacial score (nSPS) is 12.4. The Bertz CT molecular complexity index is 309. The lowest BCUT2D eigenvalue weighted by atomic mass is 10.2. The second-order valence-electron chi connectivity index (χ2n) is 5.98. The minimum Gasteiger partial charge on any atom is -0.444 e. The molecular formula is C13H28N4O2. The first-order chi connectivity index (χ1) is 8.53. The lowest BCUT2D eigenvalue weighted by molar-refractivity contribution is 0.0510. The molecule has 0 aromatic heterocycles. The van der Waals surface area contributed by atoms with Gasteiger partial charge in [-0.1, -0.05) is 0 Å². The zero-order valence-electron chi connectivity index (χ0n) is 13.4. The van der Waals surface area contributed by atoms with Crippen molar-refractivity contribution in [2.45, 2.75) is 39.3 Å². The Morgan fingerprint density at radius 2 is 1.68 bits per heavy atom. The van der Waals surface area contributed by atoms with Gasteiger partial charge in [0.1, 0.15) is 5.60 Å². The van der Waals surface area contributed by atoms with Gasteiger partial charge in [-0.05, 0) is 27.7 Å². The summed E-state index contributed by atoms with van der Waals surface area (Å²) in [6, 6.07) is -0.0789. The van der Waals surface area contributed by atoms with E-state index in [1.165, 1.54) is 0 Å². The van der Waals surface area contributed by atoms with Crippen LogP contribution in [0.5, 0.6) is 0 Å². The number of amides is 1. The number of guanidine groups is 1. The number of hydrogen-bond donors (Lipinski definition) is 1. The number of carbonyl (C=O) groups is 1. The van der Waals surface area contributed by atoms with Gasteiger partial charge in [-0.15, -0.1) is 0 Å². The molecule has 1 atom stereocenters. The lowest BCUT2D eigenvalue weighted by Crippen LogP contribution is -2.40. The summed E-state index contributed by atoms with van der Waals surface area (Å²) >= 11 is 0. The third-order valence-electron chi connectivity index (χ3n) is 2.07. The van der Waals surface area contributed by atoms with Gasteiger partial charge in [0.25, 0.3) is 0 Å². The van der Waals surface area contributed by atoms with Crippen molar-refractivity contribution in [2.24, 2.45) is 4.99 Å². The van der Waals surface area contributed by atoms with Crippen molar-refractivity contribution in [3.8, 4) is 0 Å². The van der Waals surface area contributed by atoms with Gasteiger partial charge in [-0.2, -0.15) is 0 Å². The van der Waals surface area contributed by atoms with E-state index in [9.17, 15) is 4.79 Å². The van der Waals surface area contributed by atoms with Gasteiger partial charge in [0.05, 0.1) is 6.54 Å². The van der Waals surface area contributed by atoms with E-state index < -0.39 is 11.7 Å². The minimum atomic E-state index is -0.481. The zero-order chi connectivity index (χ0) is 15.2. The Morgan fingerprint density at radius 3 is 2.05 bits per heavy atom. The van der Waals surface area contributed by atoms with Crippen LogP contribution in [0, 0.1) is 0 Å². The van der Waals surface area contributed by atoms with E-state index in [4.69, 9.17) is 4.74 Å². The van der Waals surface area contributed by atoms with E-state index in [1.807, 2.05) is 65.7 Å². The second-order valence-corrected chi connectivity index (χ2v) is 5.98. The molecule has 0 rings (SSSR count). The molecule has 19 heavy (non-hydrogen) atoms. The molecule has 0 aromatic carbocycles. The Hall–Kier alpha value is -1.46. The molecule has 0 aromatic rings. The highest BCUT2D eigenvalue weighted by Gasteiger charge is 2.17.